The van der Waals surface area contributed by atoms with E-state index in [1.54, 1.807) is 18.4 Å². The molecule has 2 aliphatic rings. The molecule has 6 nitrogen and oxygen atoms in total. The molecule has 0 amide bonds. The first kappa shape index (κ1) is 17.8. The van der Waals surface area contributed by atoms with Gasteiger partial charge in [-0.25, -0.2) is 9.80 Å². The van der Waals surface area contributed by atoms with Gasteiger partial charge in [0, 0.05) is 22.6 Å². The molecule has 1 aromatic heterocycles. The Morgan fingerprint density at radius 3 is 2.76 bits per heavy atom. The highest BCUT2D eigenvalue weighted by Crippen LogP contribution is 2.48. The Bertz CT molecular complexity index is 1090. The summed E-state index contributed by atoms with van der Waals surface area (Å²) in [5.41, 5.74) is 3.21. The topological polar surface area (TPSA) is 64.3 Å². The lowest BCUT2D eigenvalue weighted by molar-refractivity contribution is -0.0190. The van der Waals surface area contributed by atoms with Crippen LogP contribution in [0.2, 0.25) is 5.02 Å². The highest BCUT2D eigenvalue weighted by Gasteiger charge is 2.41. The first-order chi connectivity index (χ1) is 14.1. The lowest BCUT2D eigenvalue weighted by atomic mass is 9.97. The molecule has 146 valence electrons. The Balaban J connectivity index is 1.56. The number of hydrogen-bond donors (Lipinski definition) is 0. The van der Waals surface area contributed by atoms with E-state index in [9.17, 15) is 4.79 Å². The predicted octanol–water partition coefficient (Wildman–Crippen LogP) is 4.96. The van der Waals surface area contributed by atoms with Crippen LogP contribution in [0.3, 0.4) is 0 Å². The van der Waals surface area contributed by atoms with Crippen molar-refractivity contribution < 1.29 is 18.7 Å². The van der Waals surface area contributed by atoms with Gasteiger partial charge in [-0.15, -0.1) is 0 Å². The van der Waals surface area contributed by atoms with Crippen molar-refractivity contribution in [1.82, 2.24) is 5.01 Å². The minimum absolute atomic E-state index is 0.0252. The first-order valence-electron chi connectivity index (χ1n) is 9.18. The third kappa shape index (κ3) is 3.06. The standard InChI is InChI=1S/C22H17ClN2O4/c1-27-22(26)14-6-4-13(5-7-14)21-25-18(12-17(24-25)20-3-2-10-28-20)16-11-15(23)8-9-19(16)29-21/h2-11,18,21H,12H2,1H3/t18-,21+/m1/s1. The van der Waals surface area contributed by atoms with Gasteiger partial charge < -0.3 is 13.9 Å². The van der Waals surface area contributed by atoms with Gasteiger partial charge in [-0.2, -0.15) is 5.10 Å². The zero-order chi connectivity index (χ0) is 20.0. The van der Waals surface area contributed by atoms with Gasteiger partial charge in [0.2, 0.25) is 6.23 Å². The maximum atomic E-state index is 11.7. The third-order valence-electron chi connectivity index (χ3n) is 5.17. The van der Waals surface area contributed by atoms with Gasteiger partial charge in [0.15, 0.2) is 0 Å². The monoisotopic (exact) mass is 408 g/mol. The average molecular weight is 409 g/mol. The number of ether oxygens (including phenoxy) is 2. The van der Waals surface area contributed by atoms with E-state index in [0.29, 0.717) is 17.0 Å². The van der Waals surface area contributed by atoms with Crippen molar-refractivity contribution in [2.24, 2.45) is 5.10 Å². The number of benzene rings is 2. The number of carbonyl (C=O) groups is 1. The number of esters is 1. The number of halogens is 1. The zero-order valence-electron chi connectivity index (χ0n) is 15.5. The summed E-state index contributed by atoms with van der Waals surface area (Å²) in [6.07, 6.45) is 1.88. The molecule has 0 saturated heterocycles. The molecule has 0 unspecified atom stereocenters. The zero-order valence-corrected chi connectivity index (χ0v) is 16.3. The molecule has 0 bridgehead atoms. The number of hydrazone groups is 1. The molecule has 0 spiro atoms. The van der Waals surface area contributed by atoms with Crippen molar-refractivity contribution >= 4 is 23.3 Å². The highest BCUT2D eigenvalue weighted by atomic mass is 35.5. The van der Waals surface area contributed by atoms with Crippen LogP contribution >= 0.6 is 11.6 Å². The smallest absolute Gasteiger partial charge is 0.337 e. The lowest BCUT2D eigenvalue weighted by Gasteiger charge is -2.38. The predicted molar refractivity (Wildman–Crippen MR) is 107 cm³/mol. The van der Waals surface area contributed by atoms with E-state index in [1.165, 1.54) is 7.11 Å². The van der Waals surface area contributed by atoms with E-state index in [0.717, 1.165) is 28.3 Å². The van der Waals surface area contributed by atoms with E-state index in [1.807, 2.05) is 47.5 Å². The molecule has 0 radical (unpaired) electrons. The van der Waals surface area contributed by atoms with Crippen molar-refractivity contribution in [2.45, 2.75) is 18.7 Å². The van der Waals surface area contributed by atoms with Crippen LogP contribution in [-0.4, -0.2) is 23.8 Å². The molecule has 3 heterocycles. The summed E-state index contributed by atoms with van der Waals surface area (Å²) in [5, 5.41) is 7.40. The van der Waals surface area contributed by atoms with Crippen LogP contribution in [0.4, 0.5) is 0 Å². The van der Waals surface area contributed by atoms with Crippen LogP contribution in [0.15, 0.2) is 70.4 Å². The van der Waals surface area contributed by atoms with E-state index < -0.39 is 6.23 Å². The molecule has 0 saturated carbocycles. The molecular weight excluding hydrogens is 392 g/mol. The average Bonchev–Trinajstić information content (AvgIpc) is 3.43. The molecule has 5 rings (SSSR count). The number of rotatable bonds is 3. The van der Waals surface area contributed by atoms with Crippen LogP contribution in [0, 0.1) is 0 Å². The molecule has 0 fully saturated rings. The maximum absolute atomic E-state index is 11.7. The van der Waals surface area contributed by atoms with Gasteiger partial charge in [0.05, 0.1) is 25.0 Å². The summed E-state index contributed by atoms with van der Waals surface area (Å²) in [5.74, 6) is 1.13. The molecular formula is C22H17ClN2O4. The Kier molecular flexibility index (Phi) is 4.28. The van der Waals surface area contributed by atoms with Gasteiger partial charge >= 0.3 is 5.97 Å². The van der Waals surface area contributed by atoms with Crippen LogP contribution in [0.5, 0.6) is 5.75 Å². The fraction of sp³-hybridized carbons (Fsp3) is 0.182. The lowest BCUT2D eigenvalue weighted by Crippen LogP contribution is -2.33. The fourth-order valence-corrected chi connectivity index (χ4v) is 3.95. The number of furan rings is 1. The minimum atomic E-state index is -0.437. The Morgan fingerprint density at radius 2 is 2.03 bits per heavy atom. The van der Waals surface area contributed by atoms with Gasteiger partial charge in [-0.1, -0.05) is 23.7 Å². The SMILES string of the molecule is COC(=O)c1ccc([C@@H]2Oc3ccc(Cl)cc3[C@H]3CC(c4ccco4)=NN32)cc1. The number of hydrogen-bond acceptors (Lipinski definition) is 6. The van der Waals surface area contributed by atoms with Gasteiger partial charge in [-0.05, 0) is 42.5 Å². The summed E-state index contributed by atoms with van der Waals surface area (Å²) in [6, 6.07) is 16.5. The normalized spacial score (nSPS) is 19.8. The third-order valence-corrected chi connectivity index (χ3v) is 5.41. The van der Waals surface area contributed by atoms with Crippen LogP contribution in [0.1, 0.15) is 45.9 Å². The maximum Gasteiger partial charge on any atom is 0.337 e. The first-order valence-corrected chi connectivity index (χ1v) is 9.56. The fourth-order valence-electron chi connectivity index (χ4n) is 3.77. The number of methoxy groups -OCH3 is 1. The Morgan fingerprint density at radius 1 is 1.21 bits per heavy atom. The van der Waals surface area contributed by atoms with Crippen LogP contribution in [-0.2, 0) is 4.74 Å². The molecule has 0 N–H and O–H groups in total. The molecule has 2 aliphatic heterocycles. The minimum Gasteiger partial charge on any atom is -0.465 e. The molecule has 7 heteroatoms. The molecule has 0 aliphatic carbocycles. The Hall–Kier alpha value is -3.25. The van der Waals surface area contributed by atoms with E-state index >= 15 is 0 Å². The van der Waals surface area contributed by atoms with Gasteiger partial charge in [0.25, 0.3) is 0 Å². The second-order valence-electron chi connectivity index (χ2n) is 6.89. The van der Waals surface area contributed by atoms with E-state index in [2.05, 4.69) is 0 Å². The van der Waals surface area contributed by atoms with E-state index in [-0.39, 0.29) is 12.0 Å². The second kappa shape index (κ2) is 6.97. The van der Waals surface area contributed by atoms with Crippen molar-refractivity contribution in [3.05, 3.63) is 88.3 Å². The number of fused-ring (bicyclic) bond motifs is 3. The summed E-state index contributed by atoms with van der Waals surface area (Å²) in [4.78, 5) is 11.7. The molecule has 3 aromatic rings. The quantitative estimate of drug-likeness (QED) is 0.573. The highest BCUT2D eigenvalue weighted by molar-refractivity contribution is 6.30. The van der Waals surface area contributed by atoms with Crippen molar-refractivity contribution in [3.8, 4) is 5.75 Å². The molecule has 2 atom stereocenters. The largest absolute Gasteiger partial charge is 0.465 e. The van der Waals surface area contributed by atoms with Gasteiger partial charge in [-0.3, -0.25) is 0 Å². The second-order valence-corrected chi connectivity index (χ2v) is 7.33. The van der Waals surface area contributed by atoms with Crippen molar-refractivity contribution in [2.75, 3.05) is 7.11 Å². The van der Waals surface area contributed by atoms with E-state index in [4.69, 9.17) is 30.6 Å². The van der Waals surface area contributed by atoms with Gasteiger partial charge in [0.1, 0.15) is 17.2 Å². The molecule has 29 heavy (non-hydrogen) atoms. The van der Waals surface area contributed by atoms with Crippen LogP contribution in [0.25, 0.3) is 0 Å². The number of carbonyl (C=O) groups excluding carboxylic acids is 1. The number of nitrogens with zero attached hydrogens (tertiary/aromatic N) is 2. The summed E-state index contributed by atoms with van der Waals surface area (Å²) in [6.45, 7) is 0. The van der Waals surface area contributed by atoms with Crippen molar-refractivity contribution in [3.63, 3.8) is 0 Å². The van der Waals surface area contributed by atoms with Crippen LogP contribution < -0.4 is 4.74 Å². The summed E-state index contributed by atoms with van der Waals surface area (Å²) < 4.78 is 16.6. The summed E-state index contributed by atoms with van der Waals surface area (Å²) in [7, 11) is 1.36. The molecule has 2 aromatic carbocycles. The Labute approximate surface area is 172 Å². The van der Waals surface area contributed by atoms with Crippen molar-refractivity contribution in [1.29, 1.82) is 0 Å². The summed E-state index contributed by atoms with van der Waals surface area (Å²) >= 11 is 6.24.